The summed E-state index contributed by atoms with van der Waals surface area (Å²) in [5.74, 6) is -0.107. The molecule has 2 aliphatic heterocycles. The number of thiophene rings is 1. The maximum atomic E-state index is 13.0. The van der Waals surface area contributed by atoms with Crippen LogP contribution < -0.4 is 5.32 Å². The number of halogens is 1. The highest BCUT2D eigenvalue weighted by Crippen LogP contribution is 2.38. The molecule has 0 radical (unpaired) electrons. The number of carbonyl (C=O) groups is 1. The minimum Gasteiger partial charge on any atom is -0.338 e. The lowest BCUT2D eigenvalue weighted by Gasteiger charge is -2.38. The molecule has 0 bridgehead atoms. The Kier molecular flexibility index (Phi) is 4.14. The molecule has 0 unspecified atom stereocenters. The SMILES string of the molecule is O=C(c1ccc(-c2ccc(F)cc2)s1)N1CCC2(CCNC2)CC1. The maximum Gasteiger partial charge on any atom is 0.263 e. The van der Waals surface area contributed by atoms with Crippen molar-refractivity contribution in [2.24, 2.45) is 5.41 Å². The summed E-state index contributed by atoms with van der Waals surface area (Å²) in [6, 6.07) is 10.3. The van der Waals surface area contributed by atoms with Crippen LogP contribution in [0.2, 0.25) is 0 Å². The Hall–Kier alpha value is -1.72. The van der Waals surface area contributed by atoms with E-state index in [1.807, 2.05) is 17.0 Å². The van der Waals surface area contributed by atoms with Gasteiger partial charge in [0.05, 0.1) is 4.88 Å². The Morgan fingerprint density at radius 1 is 1.08 bits per heavy atom. The van der Waals surface area contributed by atoms with Crippen LogP contribution in [0.5, 0.6) is 0 Å². The van der Waals surface area contributed by atoms with Crippen LogP contribution in [0, 0.1) is 11.2 Å². The van der Waals surface area contributed by atoms with Gasteiger partial charge in [0.2, 0.25) is 0 Å². The van der Waals surface area contributed by atoms with Crippen molar-refractivity contribution in [3.05, 3.63) is 47.1 Å². The molecule has 1 N–H and O–H groups in total. The number of likely N-dealkylation sites (tertiary alicyclic amines) is 1. The van der Waals surface area contributed by atoms with Gasteiger partial charge in [0.15, 0.2) is 0 Å². The molecular weight excluding hydrogens is 323 g/mol. The van der Waals surface area contributed by atoms with Crippen LogP contribution in [0.15, 0.2) is 36.4 Å². The molecule has 3 heterocycles. The van der Waals surface area contributed by atoms with E-state index >= 15 is 0 Å². The highest BCUT2D eigenvalue weighted by molar-refractivity contribution is 7.17. The topological polar surface area (TPSA) is 32.3 Å². The van der Waals surface area contributed by atoms with Crippen molar-refractivity contribution < 1.29 is 9.18 Å². The van der Waals surface area contributed by atoms with E-state index < -0.39 is 0 Å². The molecule has 1 aromatic heterocycles. The number of hydrogen-bond donors (Lipinski definition) is 1. The number of hydrogen-bond acceptors (Lipinski definition) is 3. The first-order chi connectivity index (χ1) is 11.7. The predicted molar refractivity (Wildman–Crippen MR) is 94.8 cm³/mol. The number of piperidine rings is 1. The zero-order valence-electron chi connectivity index (χ0n) is 13.6. The average Bonchev–Trinajstić information content (AvgIpc) is 3.26. The third kappa shape index (κ3) is 2.98. The first kappa shape index (κ1) is 15.8. The third-order valence-electron chi connectivity index (χ3n) is 5.39. The van der Waals surface area contributed by atoms with Crippen LogP contribution in [0.25, 0.3) is 10.4 Å². The maximum absolute atomic E-state index is 13.0. The first-order valence-electron chi connectivity index (χ1n) is 8.51. The van der Waals surface area contributed by atoms with Gasteiger partial charge in [0, 0.05) is 24.5 Å². The number of nitrogens with one attached hydrogen (secondary N) is 1. The largest absolute Gasteiger partial charge is 0.338 e. The van der Waals surface area contributed by atoms with E-state index in [0.29, 0.717) is 5.41 Å². The lowest BCUT2D eigenvalue weighted by atomic mass is 9.78. The Morgan fingerprint density at radius 2 is 1.83 bits per heavy atom. The Morgan fingerprint density at radius 3 is 2.50 bits per heavy atom. The number of nitrogens with zero attached hydrogens (tertiary/aromatic N) is 1. The van der Waals surface area contributed by atoms with Crippen molar-refractivity contribution in [2.45, 2.75) is 19.3 Å². The molecule has 3 nitrogen and oxygen atoms in total. The Bertz CT molecular complexity index is 724. The lowest BCUT2D eigenvalue weighted by Crippen LogP contribution is -2.43. The summed E-state index contributed by atoms with van der Waals surface area (Å²) in [6.07, 6.45) is 3.44. The molecule has 0 atom stereocenters. The van der Waals surface area contributed by atoms with Gasteiger partial charge in [-0.2, -0.15) is 0 Å². The van der Waals surface area contributed by atoms with Crippen LogP contribution in [-0.4, -0.2) is 37.0 Å². The quantitative estimate of drug-likeness (QED) is 0.899. The summed E-state index contributed by atoms with van der Waals surface area (Å²) in [6.45, 7) is 3.91. The van der Waals surface area contributed by atoms with Gasteiger partial charge in [-0.05, 0) is 61.1 Å². The predicted octanol–water partition coefficient (Wildman–Crippen LogP) is 3.77. The second-order valence-electron chi connectivity index (χ2n) is 6.89. The van der Waals surface area contributed by atoms with Gasteiger partial charge in [-0.25, -0.2) is 4.39 Å². The molecule has 2 fully saturated rings. The number of amides is 1. The summed E-state index contributed by atoms with van der Waals surface area (Å²) < 4.78 is 13.0. The highest BCUT2D eigenvalue weighted by Gasteiger charge is 2.38. The monoisotopic (exact) mass is 344 g/mol. The molecule has 2 aromatic rings. The molecule has 24 heavy (non-hydrogen) atoms. The summed E-state index contributed by atoms with van der Waals surface area (Å²) >= 11 is 1.49. The van der Waals surface area contributed by atoms with E-state index in [1.165, 1.54) is 29.9 Å². The Balaban J connectivity index is 1.45. The molecule has 0 saturated carbocycles. The number of carbonyl (C=O) groups excluding carboxylic acids is 1. The first-order valence-corrected chi connectivity index (χ1v) is 9.33. The van der Waals surface area contributed by atoms with Gasteiger partial charge >= 0.3 is 0 Å². The zero-order chi connectivity index (χ0) is 16.6. The van der Waals surface area contributed by atoms with Crippen molar-refractivity contribution in [2.75, 3.05) is 26.2 Å². The van der Waals surface area contributed by atoms with Crippen LogP contribution in [0.3, 0.4) is 0 Å². The fourth-order valence-corrected chi connectivity index (χ4v) is 4.76. The van der Waals surface area contributed by atoms with E-state index in [1.54, 1.807) is 12.1 Å². The third-order valence-corrected chi connectivity index (χ3v) is 6.51. The summed E-state index contributed by atoms with van der Waals surface area (Å²) in [5.41, 5.74) is 1.38. The van der Waals surface area contributed by atoms with Crippen molar-refractivity contribution in [3.8, 4) is 10.4 Å². The minimum absolute atomic E-state index is 0.133. The number of rotatable bonds is 2. The molecule has 2 aliphatic rings. The smallest absolute Gasteiger partial charge is 0.263 e. The van der Waals surface area contributed by atoms with Gasteiger partial charge in [0.25, 0.3) is 5.91 Å². The van der Waals surface area contributed by atoms with Crippen LogP contribution >= 0.6 is 11.3 Å². The van der Waals surface area contributed by atoms with Gasteiger partial charge in [-0.3, -0.25) is 4.79 Å². The fourth-order valence-electron chi connectivity index (χ4n) is 3.78. The van der Waals surface area contributed by atoms with E-state index in [9.17, 15) is 9.18 Å². The zero-order valence-corrected chi connectivity index (χ0v) is 14.4. The van der Waals surface area contributed by atoms with Crippen LogP contribution in [-0.2, 0) is 0 Å². The normalized spacial score (nSPS) is 19.8. The summed E-state index contributed by atoms with van der Waals surface area (Å²) in [4.78, 5) is 16.5. The van der Waals surface area contributed by atoms with Crippen LogP contribution in [0.4, 0.5) is 4.39 Å². The molecule has 126 valence electrons. The molecule has 1 amide bonds. The van der Waals surface area contributed by atoms with Gasteiger partial charge in [0.1, 0.15) is 5.82 Å². The highest BCUT2D eigenvalue weighted by atomic mass is 32.1. The molecule has 5 heteroatoms. The molecule has 1 spiro atoms. The second-order valence-corrected chi connectivity index (χ2v) is 7.97. The van der Waals surface area contributed by atoms with Gasteiger partial charge in [-0.15, -0.1) is 11.3 Å². The lowest BCUT2D eigenvalue weighted by molar-refractivity contribution is 0.0612. The molecule has 4 rings (SSSR count). The molecule has 1 aromatic carbocycles. The average molecular weight is 344 g/mol. The minimum atomic E-state index is -0.241. The molecule has 0 aliphatic carbocycles. The molecule has 2 saturated heterocycles. The van der Waals surface area contributed by atoms with Gasteiger partial charge < -0.3 is 10.2 Å². The number of benzene rings is 1. The molecular formula is C19H21FN2OS. The van der Waals surface area contributed by atoms with E-state index in [-0.39, 0.29) is 11.7 Å². The standard InChI is InChI=1S/C19H21FN2OS/c20-15-3-1-14(2-4-15)16-5-6-17(24-16)18(23)22-11-8-19(9-12-22)7-10-21-13-19/h1-6,21H,7-13H2. The summed E-state index contributed by atoms with van der Waals surface area (Å²) in [5, 5.41) is 3.46. The van der Waals surface area contributed by atoms with Gasteiger partial charge in [-0.1, -0.05) is 12.1 Å². The Labute approximate surface area is 145 Å². The van der Waals surface area contributed by atoms with E-state index in [0.717, 1.165) is 54.3 Å². The van der Waals surface area contributed by atoms with Crippen LogP contribution in [0.1, 0.15) is 28.9 Å². The van der Waals surface area contributed by atoms with Crippen molar-refractivity contribution >= 4 is 17.2 Å². The fraction of sp³-hybridized carbons (Fsp3) is 0.421. The second kappa shape index (κ2) is 6.30. The van der Waals surface area contributed by atoms with E-state index in [4.69, 9.17) is 0 Å². The van der Waals surface area contributed by atoms with Crippen molar-refractivity contribution in [1.29, 1.82) is 0 Å². The van der Waals surface area contributed by atoms with Crippen molar-refractivity contribution in [3.63, 3.8) is 0 Å². The summed E-state index contributed by atoms with van der Waals surface area (Å²) in [7, 11) is 0. The van der Waals surface area contributed by atoms with E-state index in [2.05, 4.69) is 5.32 Å². The van der Waals surface area contributed by atoms with Crippen molar-refractivity contribution in [1.82, 2.24) is 10.2 Å².